The minimum Gasteiger partial charge on any atom is -0.345 e. The number of aliphatic imine (C=N–C) groups is 1. The molecular weight excluding hydrogens is 266 g/mol. The second-order valence-corrected chi connectivity index (χ2v) is 4.17. The lowest BCUT2D eigenvalue weighted by Gasteiger charge is -2.19. The Balaban J connectivity index is 2.26. The zero-order chi connectivity index (χ0) is 13.7. The number of hydrogen-bond acceptors (Lipinski definition) is 6. The van der Waals surface area contributed by atoms with E-state index in [0.29, 0.717) is 22.1 Å². The van der Waals surface area contributed by atoms with Gasteiger partial charge in [-0.3, -0.25) is 19.9 Å². The molecule has 0 unspecified atom stereocenters. The Hall–Kier alpha value is -2.77. The highest BCUT2D eigenvalue weighted by molar-refractivity contribution is 6.15. The summed E-state index contributed by atoms with van der Waals surface area (Å²) in [7, 11) is 0. The van der Waals surface area contributed by atoms with Crippen molar-refractivity contribution >= 4 is 39.4 Å². The Morgan fingerprint density at radius 3 is 2.10 bits per heavy atom. The van der Waals surface area contributed by atoms with E-state index in [-0.39, 0.29) is 11.4 Å². The minimum atomic E-state index is -2.00. The van der Waals surface area contributed by atoms with E-state index in [9.17, 15) is 8.78 Å². The van der Waals surface area contributed by atoms with Gasteiger partial charge in [0.2, 0.25) is 12.3 Å². The number of anilines is 1. The highest BCUT2D eigenvalue weighted by Gasteiger charge is 2.27. The van der Waals surface area contributed by atoms with Gasteiger partial charge in [0, 0.05) is 24.8 Å². The summed E-state index contributed by atoms with van der Waals surface area (Å²) in [5.41, 5.74) is 2.11. The standard InChI is InChI=1S/C12H6F2N6/c13-11-12(14)20-10-8-6(16-2-4-18-8)5-7(9(10)19-11)17-3-1-15-5/h1-4,11,19H/t11-/m1/s1. The summed E-state index contributed by atoms with van der Waals surface area (Å²) in [5.74, 6) is -1.15. The van der Waals surface area contributed by atoms with E-state index in [1.807, 2.05) is 0 Å². The van der Waals surface area contributed by atoms with Crippen LogP contribution >= 0.6 is 0 Å². The number of alkyl halides is 1. The molecule has 3 heterocycles. The summed E-state index contributed by atoms with van der Waals surface area (Å²) in [5, 5.41) is 2.40. The zero-order valence-corrected chi connectivity index (χ0v) is 9.88. The number of nitrogens with one attached hydrogen (secondary N) is 1. The van der Waals surface area contributed by atoms with Crippen LogP contribution in [0.15, 0.2) is 29.8 Å². The minimum absolute atomic E-state index is 0.188. The van der Waals surface area contributed by atoms with Gasteiger partial charge in [0.15, 0.2) is 0 Å². The Morgan fingerprint density at radius 2 is 1.40 bits per heavy atom. The molecule has 8 heteroatoms. The van der Waals surface area contributed by atoms with E-state index < -0.39 is 12.3 Å². The SMILES string of the molecule is FC1=Nc2c(c3nccnc3c3nccnc23)N[C@H]1F. The van der Waals surface area contributed by atoms with E-state index in [1.54, 1.807) is 0 Å². The Kier molecular flexibility index (Phi) is 2.14. The van der Waals surface area contributed by atoms with Gasteiger partial charge >= 0.3 is 0 Å². The van der Waals surface area contributed by atoms with Gasteiger partial charge in [0.25, 0.3) is 0 Å². The molecule has 1 aromatic carbocycles. The molecule has 0 aliphatic carbocycles. The van der Waals surface area contributed by atoms with Crippen molar-refractivity contribution in [2.75, 3.05) is 5.32 Å². The van der Waals surface area contributed by atoms with Gasteiger partial charge in [-0.05, 0) is 0 Å². The third-order valence-electron chi connectivity index (χ3n) is 3.02. The Labute approximate surface area is 110 Å². The molecule has 98 valence electrons. The molecule has 0 saturated carbocycles. The van der Waals surface area contributed by atoms with Crippen LogP contribution in [-0.4, -0.2) is 32.2 Å². The van der Waals surface area contributed by atoms with Crippen LogP contribution in [0.1, 0.15) is 0 Å². The van der Waals surface area contributed by atoms with Crippen molar-refractivity contribution in [2.45, 2.75) is 6.30 Å². The van der Waals surface area contributed by atoms with Gasteiger partial charge < -0.3 is 5.32 Å². The summed E-state index contributed by atoms with van der Waals surface area (Å²) in [6.07, 6.45) is 3.93. The second kappa shape index (κ2) is 3.86. The molecule has 1 atom stereocenters. The van der Waals surface area contributed by atoms with Gasteiger partial charge in [-0.1, -0.05) is 0 Å². The number of hydrogen-bond donors (Lipinski definition) is 1. The lowest BCUT2D eigenvalue weighted by atomic mass is 10.1. The van der Waals surface area contributed by atoms with Gasteiger partial charge in [-0.2, -0.15) is 4.39 Å². The van der Waals surface area contributed by atoms with Crippen LogP contribution in [0.25, 0.3) is 22.1 Å². The average molecular weight is 272 g/mol. The fourth-order valence-corrected chi connectivity index (χ4v) is 2.20. The van der Waals surface area contributed by atoms with Crippen LogP contribution in [0, 0.1) is 0 Å². The van der Waals surface area contributed by atoms with Crippen molar-refractivity contribution in [3.63, 3.8) is 0 Å². The van der Waals surface area contributed by atoms with Crippen LogP contribution in [0.4, 0.5) is 20.2 Å². The molecule has 0 fully saturated rings. The summed E-state index contributed by atoms with van der Waals surface area (Å²) >= 11 is 0. The van der Waals surface area contributed by atoms with E-state index in [4.69, 9.17) is 0 Å². The van der Waals surface area contributed by atoms with Crippen LogP contribution < -0.4 is 5.32 Å². The first-order valence-corrected chi connectivity index (χ1v) is 5.78. The van der Waals surface area contributed by atoms with Crippen LogP contribution in [0.2, 0.25) is 0 Å². The number of fused-ring (bicyclic) bond motifs is 6. The average Bonchev–Trinajstić information content (AvgIpc) is 2.49. The van der Waals surface area contributed by atoms with Crippen molar-refractivity contribution in [1.29, 1.82) is 0 Å². The molecule has 4 rings (SSSR count). The van der Waals surface area contributed by atoms with Crippen molar-refractivity contribution in [1.82, 2.24) is 19.9 Å². The van der Waals surface area contributed by atoms with Crippen molar-refractivity contribution < 1.29 is 8.78 Å². The summed E-state index contributed by atoms with van der Waals surface area (Å²) < 4.78 is 26.9. The van der Waals surface area contributed by atoms with Gasteiger partial charge in [-0.25, -0.2) is 9.38 Å². The van der Waals surface area contributed by atoms with E-state index in [1.165, 1.54) is 24.8 Å². The van der Waals surface area contributed by atoms with Crippen LogP contribution in [-0.2, 0) is 0 Å². The summed E-state index contributed by atoms with van der Waals surface area (Å²) in [4.78, 5) is 20.3. The summed E-state index contributed by atoms with van der Waals surface area (Å²) in [6, 6.07) is 0. The van der Waals surface area contributed by atoms with Gasteiger partial charge in [-0.15, -0.1) is 0 Å². The van der Waals surface area contributed by atoms with Gasteiger partial charge in [0.1, 0.15) is 27.8 Å². The molecular formula is C12H6F2N6. The molecule has 0 saturated heterocycles. The fourth-order valence-electron chi connectivity index (χ4n) is 2.20. The molecule has 0 bridgehead atoms. The normalized spacial score (nSPS) is 17.7. The molecule has 0 radical (unpaired) electrons. The molecule has 3 aromatic rings. The van der Waals surface area contributed by atoms with E-state index >= 15 is 0 Å². The molecule has 1 aliphatic rings. The molecule has 0 amide bonds. The molecule has 1 N–H and O–H groups in total. The predicted octanol–water partition coefficient (Wildman–Crippen LogP) is 2.29. The quantitative estimate of drug-likeness (QED) is 0.502. The smallest absolute Gasteiger partial charge is 0.245 e. The van der Waals surface area contributed by atoms with Crippen molar-refractivity contribution in [3.05, 3.63) is 24.8 Å². The largest absolute Gasteiger partial charge is 0.345 e. The summed E-state index contributed by atoms with van der Waals surface area (Å²) in [6.45, 7) is 0. The topological polar surface area (TPSA) is 76.0 Å². The molecule has 0 spiro atoms. The van der Waals surface area contributed by atoms with Crippen LogP contribution in [0.5, 0.6) is 0 Å². The number of halogens is 2. The number of rotatable bonds is 0. The number of benzene rings is 1. The monoisotopic (exact) mass is 272 g/mol. The maximum absolute atomic E-state index is 13.5. The zero-order valence-electron chi connectivity index (χ0n) is 9.88. The first-order chi connectivity index (χ1) is 9.75. The Bertz CT molecular complexity index is 878. The maximum Gasteiger partial charge on any atom is 0.245 e. The van der Waals surface area contributed by atoms with Gasteiger partial charge in [0.05, 0.1) is 5.69 Å². The number of nitrogens with zero attached hydrogens (tertiary/aromatic N) is 5. The third-order valence-corrected chi connectivity index (χ3v) is 3.02. The number of aromatic nitrogens is 4. The highest BCUT2D eigenvalue weighted by atomic mass is 19.2. The Morgan fingerprint density at radius 1 is 0.850 bits per heavy atom. The maximum atomic E-state index is 13.5. The molecule has 1 aliphatic heterocycles. The lowest BCUT2D eigenvalue weighted by Crippen LogP contribution is -2.24. The lowest BCUT2D eigenvalue weighted by molar-refractivity contribution is 0.435. The van der Waals surface area contributed by atoms with Crippen molar-refractivity contribution in [2.24, 2.45) is 4.99 Å². The van der Waals surface area contributed by atoms with Crippen LogP contribution in [0.3, 0.4) is 0 Å². The van der Waals surface area contributed by atoms with Crippen molar-refractivity contribution in [3.8, 4) is 0 Å². The molecule has 6 nitrogen and oxygen atoms in total. The second-order valence-electron chi connectivity index (χ2n) is 4.17. The van der Waals surface area contributed by atoms with E-state index in [0.717, 1.165) is 0 Å². The predicted molar refractivity (Wildman–Crippen MR) is 69.4 cm³/mol. The first kappa shape index (κ1) is 11.1. The third kappa shape index (κ3) is 1.38. The highest BCUT2D eigenvalue weighted by Crippen LogP contribution is 2.41. The first-order valence-electron chi connectivity index (χ1n) is 5.78. The fraction of sp³-hybridized carbons (Fsp3) is 0.0833. The molecule has 20 heavy (non-hydrogen) atoms. The van der Waals surface area contributed by atoms with E-state index in [2.05, 4.69) is 30.2 Å². The molecule has 2 aromatic heterocycles.